The Labute approximate surface area is 187 Å². The largest absolute Gasteiger partial charge is 0.403 e. The van der Waals surface area contributed by atoms with Crippen LogP contribution in [-0.4, -0.2) is 97.1 Å². The molecule has 3 fully saturated rings. The molecule has 0 aromatic carbocycles. The predicted molar refractivity (Wildman–Crippen MR) is 120 cm³/mol. The van der Waals surface area contributed by atoms with Crippen LogP contribution in [0.2, 0.25) is 5.02 Å². The predicted octanol–water partition coefficient (Wildman–Crippen LogP) is 0.531. The number of aromatic nitrogens is 2. The Morgan fingerprint density at radius 1 is 1.42 bits per heavy atom. The van der Waals surface area contributed by atoms with Crippen molar-refractivity contribution in [3.05, 3.63) is 23.1 Å². The highest BCUT2D eigenvalue weighted by molar-refractivity contribution is 6.32. The number of likely N-dealkylation sites (N-methyl/N-ethyl adjacent to an activating group) is 1. The van der Waals surface area contributed by atoms with E-state index < -0.39 is 0 Å². The first kappa shape index (κ1) is 21.8. The summed E-state index contributed by atoms with van der Waals surface area (Å²) in [7, 11) is 3.82. The lowest BCUT2D eigenvalue weighted by molar-refractivity contribution is -0.176. The molecule has 11 heteroatoms. The van der Waals surface area contributed by atoms with Crippen molar-refractivity contribution in [2.45, 2.75) is 17.5 Å². The van der Waals surface area contributed by atoms with E-state index in [1.165, 1.54) is 6.20 Å². The van der Waals surface area contributed by atoms with E-state index in [1.54, 1.807) is 19.5 Å². The number of nitrogens with zero attached hydrogens (tertiary/aromatic N) is 7. The fourth-order valence-electron chi connectivity index (χ4n) is 4.53. The Morgan fingerprint density at radius 2 is 2.19 bits per heavy atom. The molecule has 1 aromatic heterocycles. The maximum atomic E-state index is 9.56. The molecule has 10 nitrogen and oxygen atoms in total. The molecule has 0 radical (unpaired) electrons. The second kappa shape index (κ2) is 8.59. The van der Waals surface area contributed by atoms with E-state index >= 15 is 0 Å². The van der Waals surface area contributed by atoms with E-state index in [4.69, 9.17) is 22.1 Å². The number of nitrogens with two attached hydrogens (primary N) is 1. The van der Waals surface area contributed by atoms with Crippen LogP contribution < -0.4 is 16.0 Å². The molecule has 4 rings (SSSR count). The van der Waals surface area contributed by atoms with Crippen LogP contribution in [-0.2, 0) is 4.74 Å². The lowest BCUT2D eigenvalue weighted by atomic mass is 9.81. The van der Waals surface area contributed by atoms with Crippen LogP contribution in [0.1, 0.15) is 6.42 Å². The van der Waals surface area contributed by atoms with Crippen LogP contribution in [0.3, 0.4) is 0 Å². The van der Waals surface area contributed by atoms with Crippen LogP contribution in [0.5, 0.6) is 0 Å². The summed E-state index contributed by atoms with van der Waals surface area (Å²) in [6.07, 6.45) is 5.03. The molecule has 3 saturated heterocycles. The summed E-state index contributed by atoms with van der Waals surface area (Å²) in [6.45, 7) is 5.67. The summed E-state index contributed by atoms with van der Waals surface area (Å²) < 4.78 is 5.53. The van der Waals surface area contributed by atoms with Crippen LogP contribution in [0.15, 0.2) is 23.1 Å². The quantitative estimate of drug-likeness (QED) is 0.604. The van der Waals surface area contributed by atoms with Gasteiger partial charge in [-0.2, -0.15) is 10.2 Å². The maximum absolute atomic E-state index is 9.56. The molecule has 0 saturated carbocycles. The second-order valence-electron chi connectivity index (χ2n) is 8.48. The number of rotatable bonds is 6. The third kappa shape index (κ3) is 3.94. The van der Waals surface area contributed by atoms with E-state index in [0.29, 0.717) is 42.0 Å². The zero-order valence-corrected chi connectivity index (χ0v) is 18.6. The van der Waals surface area contributed by atoms with Crippen molar-refractivity contribution in [1.82, 2.24) is 19.8 Å². The van der Waals surface area contributed by atoms with E-state index in [9.17, 15) is 5.26 Å². The van der Waals surface area contributed by atoms with Gasteiger partial charge in [-0.25, -0.2) is 4.98 Å². The lowest BCUT2D eigenvalue weighted by Gasteiger charge is -2.62. The summed E-state index contributed by atoms with van der Waals surface area (Å²) >= 11 is 6.43. The number of allylic oxidation sites excluding steroid dienone is 1. The average Bonchev–Trinajstić information content (AvgIpc) is 2.71. The van der Waals surface area contributed by atoms with Gasteiger partial charge in [-0.05, 0) is 7.05 Å². The van der Waals surface area contributed by atoms with Gasteiger partial charge in [0.25, 0.3) is 0 Å². The standard InChI is InChI=1S/C20H28ClN9O/c1-24-8-15(7-23)26-18-25-9-16(21)17(27-18)29-10-19(11-29,3-4-22)30-6-5-28(2)20(12-30)13-31-14-20/h7-9H,3,5-6,10-14,23H2,1-2H3,(H,25,26,27)/b15-7+,24-8?. The Balaban J connectivity index is 1.50. The number of nitriles is 1. The van der Waals surface area contributed by atoms with Gasteiger partial charge in [0.2, 0.25) is 5.95 Å². The average molecular weight is 446 g/mol. The monoisotopic (exact) mass is 445 g/mol. The van der Waals surface area contributed by atoms with Crippen LogP contribution in [0.4, 0.5) is 11.8 Å². The highest BCUT2D eigenvalue weighted by Crippen LogP contribution is 2.40. The van der Waals surface area contributed by atoms with Crippen molar-refractivity contribution >= 4 is 29.6 Å². The molecular formula is C20H28ClN9O. The van der Waals surface area contributed by atoms with Gasteiger partial charge in [-0.1, -0.05) is 11.6 Å². The molecule has 0 bridgehead atoms. The molecule has 0 aliphatic carbocycles. The Hall–Kier alpha value is -2.45. The van der Waals surface area contributed by atoms with Gasteiger partial charge in [-0.15, -0.1) is 0 Å². The number of aliphatic imine (C=N–C) groups is 1. The molecule has 1 spiro atoms. The van der Waals surface area contributed by atoms with Crippen molar-refractivity contribution in [1.29, 1.82) is 5.26 Å². The smallest absolute Gasteiger partial charge is 0.229 e. The van der Waals surface area contributed by atoms with Gasteiger partial charge in [0.1, 0.15) is 5.02 Å². The number of anilines is 2. The maximum Gasteiger partial charge on any atom is 0.229 e. The van der Waals surface area contributed by atoms with Gasteiger partial charge < -0.3 is 20.7 Å². The minimum Gasteiger partial charge on any atom is -0.403 e. The number of ether oxygens (including phenoxy) is 1. The van der Waals surface area contributed by atoms with E-state index in [0.717, 1.165) is 32.8 Å². The summed E-state index contributed by atoms with van der Waals surface area (Å²) in [5, 5.41) is 13.1. The molecule has 0 amide bonds. The summed E-state index contributed by atoms with van der Waals surface area (Å²) in [6, 6.07) is 2.40. The molecule has 1 aromatic rings. The van der Waals surface area contributed by atoms with Crippen LogP contribution in [0.25, 0.3) is 0 Å². The third-order valence-corrected chi connectivity index (χ3v) is 6.79. The van der Waals surface area contributed by atoms with Crippen LogP contribution >= 0.6 is 11.6 Å². The first-order valence-corrected chi connectivity index (χ1v) is 10.6. The summed E-state index contributed by atoms with van der Waals surface area (Å²) in [5.41, 5.74) is 6.06. The number of hydrogen-bond donors (Lipinski definition) is 2. The number of piperazine rings is 1. The highest BCUT2D eigenvalue weighted by Gasteiger charge is 2.55. The Morgan fingerprint density at radius 3 is 2.81 bits per heavy atom. The first-order chi connectivity index (χ1) is 14.9. The van der Waals surface area contributed by atoms with E-state index in [-0.39, 0.29) is 11.1 Å². The van der Waals surface area contributed by atoms with E-state index in [1.807, 2.05) is 0 Å². The van der Waals surface area contributed by atoms with Gasteiger partial charge in [0.15, 0.2) is 5.82 Å². The molecule has 3 aliphatic rings. The lowest BCUT2D eigenvalue weighted by Crippen LogP contribution is -2.78. The molecular weight excluding hydrogens is 418 g/mol. The van der Waals surface area contributed by atoms with Gasteiger partial charge in [-0.3, -0.25) is 14.8 Å². The zero-order valence-electron chi connectivity index (χ0n) is 17.9. The molecule has 3 N–H and O–H groups in total. The van der Waals surface area contributed by atoms with Crippen molar-refractivity contribution in [2.75, 3.05) is 70.2 Å². The Kier molecular flexibility index (Phi) is 6.03. The highest BCUT2D eigenvalue weighted by atomic mass is 35.5. The van der Waals surface area contributed by atoms with Crippen molar-refractivity contribution in [3.63, 3.8) is 0 Å². The topological polar surface area (TPSA) is 119 Å². The van der Waals surface area contributed by atoms with Crippen molar-refractivity contribution in [3.8, 4) is 6.07 Å². The van der Waals surface area contributed by atoms with Gasteiger partial charge in [0.05, 0.1) is 48.7 Å². The molecule has 3 aliphatic heterocycles. The molecule has 31 heavy (non-hydrogen) atoms. The number of hydrogen-bond acceptors (Lipinski definition) is 10. The van der Waals surface area contributed by atoms with Gasteiger partial charge in [0, 0.05) is 52.2 Å². The SMILES string of the molecule is CN=C/C(=C\N)Nc1ncc(Cl)c(N2CC(CC#N)(N3CCN(C)C4(COC4)C3)C2)n1. The van der Waals surface area contributed by atoms with Crippen molar-refractivity contribution < 1.29 is 4.74 Å². The van der Waals surface area contributed by atoms with Gasteiger partial charge >= 0.3 is 0 Å². The normalized spacial score (nSPS) is 23.4. The minimum atomic E-state index is -0.211. The fraction of sp³-hybridized carbons (Fsp3) is 0.600. The fourth-order valence-corrected chi connectivity index (χ4v) is 4.74. The van der Waals surface area contributed by atoms with E-state index in [2.05, 4.69) is 48.1 Å². The molecule has 0 unspecified atom stereocenters. The first-order valence-electron chi connectivity index (χ1n) is 10.2. The number of halogens is 1. The number of nitrogens with one attached hydrogen (secondary N) is 1. The zero-order chi connectivity index (χ0) is 22.1. The third-order valence-electron chi connectivity index (χ3n) is 6.52. The van der Waals surface area contributed by atoms with Crippen LogP contribution in [0, 0.1) is 11.3 Å². The molecule has 4 heterocycles. The van der Waals surface area contributed by atoms with Crippen molar-refractivity contribution in [2.24, 2.45) is 10.7 Å². The minimum absolute atomic E-state index is 0.0660. The second-order valence-corrected chi connectivity index (χ2v) is 8.88. The molecule has 0 atom stereocenters. The summed E-state index contributed by atoms with van der Waals surface area (Å²) in [5.74, 6) is 1.03. The summed E-state index contributed by atoms with van der Waals surface area (Å²) in [4.78, 5) is 19.7. The Bertz CT molecular complexity index is 918. The molecule has 166 valence electrons.